The molecule has 1 rings (SSSR count). The normalized spacial score (nSPS) is 13.6. The Kier molecular flexibility index (Phi) is 9.69. The van der Waals surface area contributed by atoms with Gasteiger partial charge in [-0.05, 0) is 39.3 Å². The Morgan fingerprint density at radius 3 is 2.33 bits per heavy atom. The smallest absolute Gasteiger partial charge is 0.223 e. The highest BCUT2D eigenvalue weighted by molar-refractivity contribution is 5.85. The summed E-state index contributed by atoms with van der Waals surface area (Å²) < 4.78 is 0. The van der Waals surface area contributed by atoms with Gasteiger partial charge in [0.1, 0.15) is 0 Å². The molecular weight excluding hydrogens is 254 g/mol. The summed E-state index contributed by atoms with van der Waals surface area (Å²) in [4.78, 5) is 22.6. The number of hydrogen-bond acceptors (Lipinski definition) is 3. The lowest BCUT2D eigenvalue weighted by molar-refractivity contribution is -0.123. The highest BCUT2D eigenvalue weighted by Crippen LogP contribution is 2.28. The van der Waals surface area contributed by atoms with Gasteiger partial charge in [0.15, 0.2) is 0 Å². The molecule has 1 saturated carbocycles. The maximum atomic E-state index is 11.4. The Morgan fingerprint density at radius 2 is 1.72 bits per heavy atom. The lowest BCUT2D eigenvalue weighted by Crippen LogP contribution is -2.29. The molecular formula is C12H24ClN3O2. The second-order valence-corrected chi connectivity index (χ2v) is 4.48. The van der Waals surface area contributed by atoms with E-state index in [1.807, 2.05) is 7.05 Å². The summed E-state index contributed by atoms with van der Waals surface area (Å²) in [7, 11) is 1.89. The van der Waals surface area contributed by atoms with Crippen molar-refractivity contribution in [2.24, 2.45) is 5.92 Å². The van der Waals surface area contributed by atoms with Gasteiger partial charge in [-0.3, -0.25) is 9.59 Å². The molecule has 106 valence electrons. The van der Waals surface area contributed by atoms with Crippen molar-refractivity contribution in [1.82, 2.24) is 16.0 Å². The monoisotopic (exact) mass is 277 g/mol. The van der Waals surface area contributed by atoms with E-state index in [2.05, 4.69) is 16.0 Å². The minimum atomic E-state index is 0. The maximum Gasteiger partial charge on any atom is 0.223 e. The Bertz CT molecular complexity index is 258. The molecule has 5 nitrogen and oxygen atoms in total. The summed E-state index contributed by atoms with van der Waals surface area (Å²) in [5, 5.41) is 8.72. The standard InChI is InChI=1S/C12H23N3O2.ClH/c1-13-7-3-9-14-11(16)4-2-8-15-12(17)10-5-6-10;/h10,13H,2-9H2,1H3,(H,14,16)(H,15,17);1H. The van der Waals surface area contributed by atoms with Gasteiger partial charge in [-0.25, -0.2) is 0 Å². The Labute approximate surface area is 115 Å². The van der Waals surface area contributed by atoms with E-state index in [-0.39, 0.29) is 30.1 Å². The van der Waals surface area contributed by atoms with Crippen LogP contribution in [0.25, 0.3) is 0 Å². The van der Waals surface area contributed by atoms with Gasteiger partial charge in [-0.15, -0.1) is 12.4 Å². The zero-order chi connectivity index (χ0) is 12.5. The summed E-state index contributed by atoms with van der Waals surface area (Å²) in [5.74, 6) is 0.478. The minimum absolute atomic E-state index is 0. The third kappa shape index (κ3) is 8.31. The number of carbonyl (C=O) groups is 2. The van der Waals surface area contributed by atoms with Crippen LogP contribution in [0, 0.1) is 5.92 Å². The molecule has 3 N–H and O–H groups in total. The van der Waals surface area contributed by atoms with Crippen LogP contribution in [0.5, 0.6) is 0 Å². The Morgan fingerprint density at radius 1 is 1.06 bits per heavy atom. The predicted molar refractivity (Wildman–Crippen MR) is 73.8 cm³/mol. The molecule has 0 aromatic heterocycles. The van der Waals surface area contributed by atoms with Crippen LogP contribution in [0.4, 0.5) is 0 Å². The van der Waals surface area contributed by atoms with E-state index in [9.17, 15) is 9.59 Å². The van der Waals surface area contributed by atoms with Crippen LogP contribution in [-0.4, -0.2) is 38.5 Å². The van der Waals surface area contributed by atoms with Crippen molar-refractivity contribution in [3.8, 4) is 0 Å². The van der Waals surface area contributed by atoms with Gasteiger partial charge >= 0.3 is 0 Å². The van der Waals surface area contributed by atoms with Gasteiger partial charge < -0.3 is 16.0 Å². The van der Waals surface area contributed by atoms with Gasteiger partial charge in [0, 0.05) is 25.4 Å². The van der Waals surface area contributed by atoms with Crippen molar-refractivity contribution in [2.45, 2.75) is 32.1 Å². The summed E-state index contributed by atoms with van der Waals surface area (Å²) in [6.45, 7) is 2.24. The van der Waals surface area contributed by atoms with E-state index < -0.39 is 0 Å². The van der Waals surface area contributed by atoms with Gasteiger partial charge in [0.05, 0.1) is 0 Å². The fraction of sp³-hybridized carbons (Fsp3) is 0.833. The molecule has 0 heterocycles. The van der Waals surface area contributed by atoms with Gasteiger partial charge in [0.2, 0.25) is 11.8 Å². The third-order valence-electron chi connectivity index (χ3n) is 2.75. The van der Waals surface area contributed by atoms with Gasteiger partial charge in [-0.2, -0.15) is 0 Å². The van der Waals surface area contributed by atoms with Gasteiger partial charge in [-0.1, -0.05) is 0 Å². The molecule has 1 aliphatic rings. The average Bonchev–Trinajstić information content (AvgIpc) is 3.14. The number of amides is 2. The molecule has 0 saturated heterocycles. The minimum Gasteiger partial charge on any atom is -0.356 e. The van der Waals surface area contributed by atoms with Crippen LogP contribution in [0.3, 0.4) is 0 Å². The summed E-state index contributed by atoms with van der Waals surface area (Å²) in [5.41, 5.74) is 0. The van der Waals surface area contributed by atoms with Crippen LogP contribution in [-0.2, 0) is 9.59 Å². The maximum absolute atomic E-state index is 11.4. The Hall–Kier alpha value is -0.810. The average molecular weight is 278 g/mol. The highest BCUT2D eigenvalue weighted by Gasteiger charge is 2.28. The van der Waals surface area contributed by atoms with Crippen molar-refractivity contribution >= 4 is 24.2 Å². The molecule has 6 heteroatoms. The van der Waals surface area contributed by atoms with E-state index >= 15 is 0 Å². The van der Waals surface area contributed by atoms with E-state index in [0.29, 0.717) is 19.5 Å². The first kappa shape index (κ1) is 17.2. The van der Waals surface area contributed by atoms with Crippen molar-refractivity contribution in [3.63, 3.8) is 0 Å². The largest absolute Gasteiger partial charge is 0.356 e. The Balaban J connectivity index is 0.00000289. The van der Waals surface area contributed by atoms with Crippen molar-refractivity contribution in [1.29, 1.82) is 0 Å². The van der Waals surface area contributed by atoms with E-state index in [1.165, 1.54) is 0 Å². The van der Waals surface area contributed by atoms with Crippen LogP contribution in [0.1, 0.15) is 32.1 Å². The van der Waals surface area contributed by atoms with Crippen molar-refractivity contribution in [3.05, 3.63) is 0 Å². The number of hydrogen-bond donors (Lipinski definition) is 3. The fourth-order valence-electron chi connectivity index (χ4n) is 1.53. The van der Waals surface area contributed by atoms with Crippen LogP contribution < -0.4 is 16.0 Å². The molecule has 0 aromatic carbocycles. The predicted octanol–water partition coefficient (Wildman–Crippen LogP) is 0.440. The zero-order valence-electron chi connectivity index (χ0n) is 11.0. The molecule has 0 spiro atoms. The number of halogens is 1. The zero-order valence-corrected chi connectivity index (χ0v) is 11.8. The lowest BCUT2D eigenvalue weighted by atomic mass is 10.2. The molecule has 0 aliphatic heterocycles. The molecule has 1 aliphatic carbocycles. The van der Waals surface area contributed by atoms with Crippen molar-refractivity contribution < 1.29 is 9.59 Å². The van der Waals surface area contributed by atoms with Crippen LogP contribution in [0.15, 0.2) is 0 Å². The van der Waals surface area contributed by atoms with E-state index in [0.717, 1.165) is 32.2 Å². The molecule has 0 unspecified atom stereocenters. The van der Waals surface area contributed by atoms with E-state index in [4.69, 9.17) is 0 Å². The molecule has 0 atom stereocenters. The quantitative estimate of drug-likeness (QED) is 0.536. The SMILES string of the molecule is CNCCCNC(=O)CCCNC(=O)C1CC1.Cl. The molecule has 1 fully saturated rings. The number of rotatable bonds is 9. The second-order valence-electron chi connectivity index (χ2n) is 4.48. The van der Waals surface area contributed by atoms with Gasteiger partial charge in [0.25, 0.3) is 0 Å². The molecule has 2 amide bonds. The lowest BCUT2D eigenvalue weighted by Gasteiger charge is -2.06. The third-order valence-corrected chi connectivity index (χ3v) is 2.75. The fourth-order valence-corrected chi connectivity index (χ4v) is 1.53. The molecule has 18 heavy (non-hydrogen) atoms. The van der Waals surface area contributed by atoms with Crippen LogP contribution >= 0.6 is 12.4 Å². The molecule has 0 radical (unpaired) electrons. The molecule has 0 bridgehead atoms. The number of nitrogens with one attached hydrogen (secondary N) is 3. The summed E-state index contributed by atoms with van der Waals surface area (Å²) >= 11 is 0. The first-order chi connectivity index (χ1) is 8.24. The first-order valence-corrected chi connectivity index (χ1v) is 6.43. The van der Waals surface area contributed by atoms with E-state index in [1.54, 1.807) is 0 Å². The topological polar surface area (TPSA) is 70.2 Å². The van der Waals surface area contributed by atoms with Crippen LogP contribution in [0.2, 0.25) is 0 Å². The first-order valence-electron chi connectivity index (χ1n) is 6.43. The highest BCUT2D eigenvalue weighted by atomic mass is 35.5. The number of carbonyl (C=O) groups excluding carboxylic acids is 2. The second kappa shape index (κ2) is 10.1. The summed E-state index contributed by atoms with van der Waals surface area (Å²) in [6, 6.07) is 0. The summed E-state index contributed by atoms with van der Waals surface area (Å²) in [6.07, 6.45) is 4.21. The van der Waals surface area contributed by atoms with Crippen molar-refractivity contribution in [2.75, 3.05) is 26.7 Å². The molecule has 0 aromatic rings.